The predicted octanol–water partition coefficient (Wildman–Crippen LogP) is 3.36. The van der Waals surface area contributed by atoms with Crippen LogP contribution in [0.1, 0.15) is 40.3 Å². The van der Waals surface area contributed by atoms with Crippen LogP contribution < -0.4 is 0 Å². The Labute approximate surface area is 155 Å². The van der Waals surface area contributed by atoms with Crippen LogP contribution in [0.3, 0.4) is 0 Å². The van der Waals surface area contributed by atoms with Crippen molar-refractivity contribution < 1.29 is 19.4 Å². The van der Waals surface area contributed by atoms with Crippen LogP contribution in [-0.4, -0.2) is 45.2 Å². The van der Waals surface area contributed by atoms with Crippen LogP contribution in [0.2, 0.25) is 0 Å². The molecule has 3 heterocycles. The summed E-state index contributed by atoms with van der Waals surface area (Å²) in [6.07, 6.45) is 1.18. The van der Waals surface area contributed by atoms with Crippen molar-refractivity contribution in [1.82, 2.24) is 14.9 Å². The molecule has 1 aromatic carbocycles. The van der Waals surface area contributed by atoms with E-state index in [-0.39, 0.29) is 11.7 Å². The van der Waals surface area contributed by atoms with Gasteiger partial charge in [-0.15, -0.1) is 0 Å². The van der Waals surface area contributed by atoms with Gasteiger partial charge < -0.3 is 14.8 Å². The first-order chi connectivity index (χ1) is 13.0. The molecule has 2 aromatic heterocycles. The molecule has 0 saturated heterocycles. The number of H-pyrrole nitrogens is 1. The van der Waals surface area contributed by atoms with Gasteiger partial charge in [0.25, 0.3) is 0 Å². The SMILES string of the molecule is COC(=O)c1ccc([C@H]2c3[nH]c4ccccc4c3C[C@H](C)N2C(=O)O)cn1. The molecular formula is C20H19N3O4. The highest BCUT2D eigenvalue weighted by atomic mass is 16.5. The Morgan fingerprint density at radius 3 is 2.70 bits per heavy atom. The van der Waals surface area contributed by atoms with Gasteiger partial charge in [0.15, 0.2) is 0 Å². The lowest BCUT2D eigenvalue weighted by Crippen LogP contribution is -2.45. The number of nitrogens with one attached hydrogen (secondary N) is 1. The van der Waals surface area contributed by atoms with E-state index in [9.17, 15) is 14.7 Å². The molecule has 1 aliphatic rings. The minimum absolute atomic E-state index is 0.184. The van der Waals surface area contributed by atoms with Crippen molar-refractivity contribution in [3.05, 3.63) is 65.1 Å². The fraction of sp³-hybridized carbons (Fsp3) is 0.250. The van der Waals surface area contributed by atoms with Crippen molar-refractivity contribution >= 4 is 23.0 Å². The van der Waals surface area contributed by atoms with Crippen LogP contribution in [0, 0.1) is 0 Å². The summed E-state index contributed by atoms with van der Waals surface area (Å²) in [4.78, 5) is 32.7. The number of ether oxygens (including phenoxy) is 1. The zero-order valence-corrected chi connectivity index (χ0v) is 15.0. The summed E-state index contributed by atoms with van der Waals surface area (Å²) in [6.45, 7) is 1.90. The first-order valence-corrected chi connectivity index (χ1v) is 8.66. The van der Waals surface area contributed by atoms with Gasteiger partial charge in [-0.1, -0.05) is 24.3 Å². The Morgan fingerprint density at radius 2 is 2.04 bits per heavy atom. The second-order valence-corrected chi connectivity index (χ2v) is 6.68. The number of fused-ring (bicyclic) bond motifs is 3. The van der Waals surface area contributed by atoms with Gasteiger partial charge in [-0.25, -0.2) is 14.6 Å². The van der Waals surface area contributed by atoms with E-state index in [0.29, 0.717) is 12.0 Å². The minimum Gasteiger partial charge on any atom is -0.465 e. The van der Waals surface area contributed by atoms with E-state index in [1.54, 1.807) is 18.3 Å². The number of carboxylic acid groups (broad SMARTS) is 1. The highest BCUT2D eigenvalue weighted by molar-refractivity contribution is 5.87. The van der Waals surface area contributed by atoms with Crippen LogP contribution >= 0.6 is 0 Å². The largest absolute Gasteiger partial charge is 0.465 e. The highest BCUT2D eigenvalue weighted by Crippen LogP contribution is 2.40. The number of hydrogen-bond acceptors (Lipinski definition) is 4. The highest BCUT2D eigenvalue weighted by Gasteiger charge is 2.38. The lowest BCUT2D eigenvalue weighted by molar-refractivity contribution is 0.0593. The molecule has 1 amide bonds. The second-order valence-electron chi connectivity index (χ2n) is 6.68. The number of carbonyl (C=O) groups is 2. The molecule has 7 nitrogen and oxygen atoms in total. The third-order valence-corrected chi connectivity index (χ3v) is 5.09. The van der Waals surface area contributed by atoms with Gasteiger partial charge in [-0.3, -0.25) is 4.90 Å². The van der Waals surface area contributed by atoms with Crippen molar-refractivity contribution in [2.24, 2.45) is 0 Å². The summed E-state index contributed by atoms with van der Waals surface area (Å²) in [6, 6.07) is 10.5. The lowest BCUT2D eigenvalue weighted by Gasteiger charge is -2.38. The molecule has 0 radical (unpaired) electrons. The molecular weight excluding hydrogens is 346 g/mol. The van der Waals surface area contributed by atoms with Gasteiger partial charge in [-0.05, 0) is 36.6 Å². The predicted molar refractivity (Wildman–Crippen MR) is 98.7 cm³/mol. The molecule has 1 aliphatic heterocycles. The lowest BCUT2D eigenvalue weighted by atomic mass is 9.89. The first-order valence-electron chi connectivity index (χ1n) is 8.66. The first kappa shape index (κ1) is 17.1. The van der Waals surface area contributed by atoms with Gasteiger partial charge >= 0.3 is 12.1 Å². The summed E-state index contributed by atoms with van der Waals surface area (Å²) in [7, 11) is 1.30. The number of methoxy groups -OCH3 is 1. The van der Waals surface area contributed by atoms with E-state index in [0.717, 1.165) is 22.2 Å². The van der Waals surface area contributed by atoms with Gasteiger partial charge in [0.05, 0.1) is 7.11 Å². The van der Waals surface area contributed by atoms with E-state index in [4.69, 9.17) is 0 Å². The Hall–Kier alpha value is -3.35. The third kappa shape index (κ3) is 2.71. The molecule has 2 atom stereocenters. The quantitative estimate of drug-likeness (QED) is 0.679. The average Bonchev–Trinajstić information content (AvgIpc) is 3.04. The fourth-order valence-electron chi connectivity index (χ4n) is 3.88. The number of amides is 1. The number of pyridine rings is 1. The molecule has 4 rings (SSSR count). The summed E-state index contributed by atoms with van der Waals surface area (Å²) in [5, 5.41) is 10.9. The van der Waals surface area contributed by atoms with Crippen LogP contribution in [0.5, 0.6) is 0 Å². The standard InChI is InChI=1S/C20H19N3O4/c1-11-9-14-13-5-3-4-6-15(13)22-17(14)18(23(11)20(25)26)12-7-8-16(21-10-12)19(24)27-2/h3-8,10-11,18,22H,9H2,1-2H3,(H,25,26)/t11-,18-/m0/s1. The summed E-state index contributed by atoms with van der Waals surface area (Å²) < 4.78 is 4.68. The molecule has 0 fully saturated rings. The van der Waals surface area contributed by atoms with Gasteiger partial charge in [0.2, 0.25) is 0 Å². The Kier molecular flexibility index (Phi) is 4.07. The van der Waals surface area contributed by atoms with E-state index in [2.05, 4.69) is 14.7 Å². The molecule has 3 aromatic rings. The number of nitrogens with zero attached hydrogens (tertiary/aromatic N) is 2. The van der Waals surface area contributed by atoms with Crippen molar-refractivity contribution in [2.75, 3.05) is 7.11 Å². The molecule has 0 saturated carbocycles. The number of aromatic nitrogens is 2. The summed E-state index contributed by atoms with van der Waals surface area (Å²) >= 11 is 0. The van der Waals surface area contributed by atoms with Crippen LogP contribution in [-0.2, 0) is 11.2 Å². The summed E-state index contributed by atoms with van der Waals surface area (Å²) in [5.74, 6) is -0.528. The van der Waals surface area contributed by atoms with Crippen molar-refractivity contribution in [3.8, 4) is 0 Å². The van der Waals surface area contributed by atoms with Crippen molar-refractivity contribution in [3.63, 3.8) is 0 Å². The smallest absolute Gasteiger partial charge is 0.408 e. The van der Waals surface area contributed by atoms with Crippen molar-refractivity contribution in [2.45, 2.75) is 25.4 Å². The Morgan fingerprint density at radius 1 is 1.26 bits per heavy atom. The van der Waals surface area contributed by atoms with E-state index < -0.39 is 18.1 Å². The molecule has 138 valence electrons. The zero-order valence-electron chi connectivity index (χ0n) is 15.0. The molecule has 0 spiro atoms. The number of aromatic amines is 1. The van der Waals surface area contributed by atoms with Gasteiger partial charge in [0.1, 0.15) is 11.7 Å². The normalized spacial score (nSPS) is 19.0. The topological polar surface area (TPSA) is 95.5 Å². The number of para-hydroxylation sites is 1. The van der Waals surface area contributed by atoms with E-state index in [1.807, 2.05) is 31.2 Å². The van der Waals surface area contributed by atoms with Crippen LogP contribution in [0.15, 0.2) is 42.6 Å². The molecule has 2 N–H and O–H groups in total. The molecule has 7 heteroatoms. The molecule has 0 bridgehead atoms. The molecule has 0 aliphatic carbocycles. The number of rotatable bonds is 2. The monoisotopic (exact) mass is 365 g/mol. The van der Waals surface area contributed by atoms with Gasteiger partial charge in [-0.2, -0.15) is 0 Å². The Bertz CT molecular complexity index is 1030. The maximum Gasteiger partial charge on any atom is 0.408 e. The number of hydrogen-bond donors (Lipinski definition) is 2. The Balaban J connectivity index is 1.88. The molecule has 0 unspecified atom stereocenters. The number of carbonyl (C=O) groups excluding carboxylic acids is 1. The fourth-order valence-corrected chi connectivity index (χ4v) is 3.88. The van der Waals surface area contributed by atoms with E-state index in [1.165, 1.54) is 12.0 Å². The van der Waals surface area contributed by atoms with Crippen LogP contribution in [0.25, 0.3) is 10.9 Å². The van der Waals surface area contributed by atoms with Crippen LogP contribution in [0.4, 0.5) is 4.79 Å². The average molecular weight is 365 g/mol. The minimum atomic E-state index is -0.992. The maximum atomic E-state index is 12.0. The zero-order chi connectivity index (χ0) is 19.1. The number of benzene rings is 1. The maximum absolute atomic E-state index is 12.0. The second kappa shape index (κ2) is 6.42. The van der Waals surface area contributed by atoms with Gasteiger partial charge in [0, 0.05) is 28.8 Å². The third-order valence-electron chi connectivity index (χ3n) is 5.09. The van der Waals surface area contributed by atoms with Crippen molar-refractivity contribution in [1.29, 1.82) is 0 Å². The molecule has 27 heavy (non-hydrogen) atoms. The number of esters is 1. The van der Waals surface area contributed by atoms with E-state index >= 15 is 0 Å². The summed E-state index contributed by atoms with van der Waals surface area (Å²) in [5.41, 5.74) is 3.83.